The second-order valence-corrected chi connectivity index (χ2v) is 7.13. The summed E-state index contributed by atoms with van der Waals surface area (Å²) in [5.74, 6) is 0.188. The average molecular weight is 331 g/mol. The van der Waals surface area contributed by atoms with Crippen LogP contribution in [0, 0.1) is 0 Å². The minimum absolute atomic E-state index is 0.188. The van der Waals surface area contributed by atoms with Crippen LogP contribution in [-0.4, -0.2) is 68.7 Å². The third-order valence-electron chi connectivity index (χ3n) is 5.19. The van der Waals surface area contributed by atoms with Gasteiger partial charge in [-0.25, -0.2) is 0 Å². The second kappa shape index (κ2) is 7.64. The van der Waals surface area contributed by atoms with Gasteiger partial charge in [-0.1, -0.05) is 0 Å². The Balaban J connectivity index is 1.70. The van der Waals surface area contributed by atoms with Crippen molar-refractivity contribution in [2.75, 3.05) is 57.4 Å². The highest BCUT2D eigenvalue weighted by Gasteiger charge is 2.35. The summed E-state index contributed by atoms with van der Waals surface area (Å²) in [6.45, 7) is 11.3. The third-order valence-corrected chi connectivity index (χ3v) is 5.19. The molecule has 0 spiro atoms. The van der Waals surface area contributed by atoms with Crippen LogP contribution < -0.4 is 10.2 Å². The number of anilines is 1. The summed E-state index contributed by atoms with van der Waals surface area (Å²) in [5.41, 5.74) is 1.51. The van der Waals surface area contributed by atoms with E-state index in [0.717, 1.165) is 51.3 Å². The molecule has 0 atom stereocenters. The molecule has 1 N–H and O–H groups in total. The van der Waals surface area contributed by atoms with E-state index in [4.69, 9.17) is 4.74 Å². The van der Waals surface area contributed by atoms with Crippen molar-refractivity contribution >= 4 is 11.5 Å². The summed E-state index contributed by atoms with van der Waals surface area (Å²) >= 11 is 0. The van der Waals surface area contributed by atoms with Crippen LogP contribution in [0.5, 0.6) is 0 Å². The molecule has 0 unspecified atom stereocenters. The summed E-state index contributed by atoms with van der Waals surface area (Å²) in [5, 5.41) is 3.42. The van der Waals surface area contributed by atoms with E-state index >= 15 is 0 Å². The maximum absolute atomic E-state index is 13.0. The predicted octanol–water partition coefficient (Wildman–Crippen LogP) is 1.78. The van der Waals surface area contributed by atoms with E-state index in [-0.39, 0.29) is 5.78 Å². The molecule has 0 saturated carbocycles. The molecule has 2 saturated heterocycles. The van der Waals surface area contributed by atoms with E-state index in [9.17, 15) is 4.79 Å². The highest BCUT2D eigenvalue weighted by atomic mass is 16.5. The maximum Gasteiger partial charge on any atom is 0.182 e. The van der Waals surface area contributed by atoms with Crippen LogP contribution in [-0.2, 0) is 4.74 Å². The van der Waals surface area contributed by atoms with Crippen molar-refractivity contribution in [1.29, 1.82) is 0 Å². The Bertz CT molecular complexity index is 542. The number of ketones is 1. The molecule has 2 aliphatic rings. The van der Waals surface area contributed by atoms with Gasteiger partial charge in [-0.05, 0) is 51.1 Å². The normalized spacial score (nSPS) is 20.7. The Morgan fingerprint density at radius 1 is 1.04 bits per heavy atom. The van der Waals surface area contributed by atoms with Gasteiger partial charge in [-0.15, -0.1) is 0 Å². The summed E-state index contributed by atoms with van der Waals surface area (Å²) < 4.78 is 5.41. The summed E-state index contributed by atoms with van der Waals surface area (Å²) in [6.07, 6.45) is 1.16. The van der Waals surface area contributed by atoms with Crippen molar-refractivity contribution in [1.82, 2.24) is 10.2 Å². The number of nitrogens with zero attached hydrogens (tertiary/aromatic N) is 2. The Hall–Kier alpha value is -1.43. The van der Waals surface area contributed by atoms with E-state index < -0.39 is 5.54 Å². The number of Topliss-reactive ketones (excluding diaryl/α,β-unsaturated/α-hetero) is 1. The van der Waals surface area contributed by atoms with Gasteiger partial charge in [0.1, 0.15) is 0 Å². The molecular weight excluding hydrogens is 302 g/mol. The number of carbonyl (C=O) groups excluding carboxylic acids is 1. The SMILES string of the molecule is CC(C)(C(=O)c1ccc(N2CCCNCC2)cc1)N1CCOCC1. The zero-order chi connectivity index (χ0) is 17.0. The van der Waals surface area contributed by atoms with Crippen molar-refractivity contribution in [3.8, 4) is 0 Å². The lowest BCUT2D eigenvalue weighted by atomic mass is 9.90. The summed E-state index contributed by atoms with van der Waals surface area (Å²) in [7, 11) is 0. The standard InChI is InChI=1S/C19H29N3O2/c1-19(2,22-12-14-24-15-13-22)18(23)16-4-6-17(7-5-16)21-10-3-8-20-9-11-21/h4-7,20H,3,8-15H2,1-2H3. The minimum Gasteiger partial charge on any atom is -0.379 e. The molecule has 0 amide bonds. The summed E-state index contributed by atoms with van der Waals surface area (Å²) in [6, 6.07) is 8.15. The predicted molar refractivity (Wildman–Crippen MR) is 96.9 cm³/mol. The zero-order valence-corrected chi connectivity index (χ0v) is 14.9. The van der Waals surface area contributed by atoms with Crippen molar-refractivity contribution in [3.05, 3.63) is 29.8 Å². The first-order valence-electron chi connectivity index (χ1n) is 9.02. The number of hydrogen-bond donors (Lipinski definition) is 1. The molecule has 0 radical (unpaired) electrons. The lowest BCUT2D eigenvalue weighted by Gasteiger charge is -2.39. The molecule has 0 bridgehead atoms. The van der Waals surface area contributed by atoms with Crippen molar-refractivity contribution < 1.29 is 9.53 Å². The van der Waals surface area contributed by atoms with Gasteiger partial charge < -0.3 is 15.0 Å². The van der Waals surface area contributed by atoms with Gasteiger partial charge >= 0.3 is 0 Å². The molecule has 0 aromatic heterocycles. The smallest absolute Gasteiger partial charge is 0.182 e. The number of ether oxygens (including phenoxy) is 1. The maximum atomic E-state index is 13.0. The van der Waals surface area contributed by atoms with Crippen LogP contribution in [0.1, 0.15) is 30.6 Å². The molecule has 2 heterocycles. The molecule has 2 fully saturated rings. The number of carbonyl (C=O) groups is 1. The molecule has 132 valence electrons. The summed E-state index contributed by atoms with van der Waals surface area (Å²) in [4.78, 5) is 17.6. The quantitative estimate of drug-likeness (QED) is 0.852. The topological polar surface area (TPSA) is 44.8 Å². The average Bonchev–Trinajstić information content (AvgIpc) is 2.91. The Morgan fingerprint density at radius 2 is 1.75 bits per heavy atom. The van der Waals surface area contributed by atoms with E-state index in [1.54, 1.807) is 0 Å². The fraction of sp³-hybridized carbons (Fsp3) is 0.632. The van der Waals surface area contributed by atoms with Gasteiger partial charge in [0.15, 0.2) is 5.78 Å². The number of benzene rings is 1. The van der Waals surface area contributed by atoms with Crippen molar-refractivity contribution in [3.63, 3.8) is 0 Å². The molecule has 5 nitrogen and oxygen atoms in total. The van der Waals surface area contributed by atoms with Crippen molar-refractivity contribution in [2.24, 2.45) is 0 Å². The lowest BCUT2D eigenvalue weighted by molar-refractivity contribution is -0.00429. The van der Waals surface area contributed by atoms with Crippen LogP contribution in [0.4, 0.5) is 5.69 Å². The van der Waals surface area contributed by atoms with Gasteiger partial charge in [-0.3, -0.25) is 9.69 Å². The largest absolute Gasteiger partial charge is 0.379 e. The van der Waals surface area contributed by atoms with Gasteiger partial charge in [0, 0.05) is 44.0 Å². The van der Waals surface area contributed by atoms with Crippen LogP contribution in [0.15, 0.2) is 24.3 Å². The highest BCUT2D eigenvalue weighted by Crippen LogP contribution is 2.24. The number of hydrogen-bond acceptors (Lipinski definition) is 5. The molecule has 0 aliphatic carbocycles. The molecule has 1 aromatic rings. The zero-order valence-electron chi connectivity index (χ0n) is 14.9. The molecule has 24 heavy (non-hydrogen) atoms. The molecule has 5 heteroatoms. The van der Waals surface area contributed by atoms with Crippen LogP contribution in [0.25, 0.3) is 0 Å². The van der Waals surface area contributed by atoms with Gasteiger partial charge in [-0.2, -0.15) is 0 Å². The fourth-order valence-corrected chi connectivity index (χ4v) is 3.55. The number of nitrogens with one attached hydrogen (secondary N) is 1. The Morgan fingerprint density at radius 3 is 2.46 bits per heavy atom. The monoisotopic (exact) mass is 331 g/mol. The van der Waals surface area contributed by atoms with Gasteiger partial charge in [0.05, 0.1) is 18.8 Å². The van der Waals surface area contributed by atoms with Crippen LogP contribution in [0.3, 0.4) is 0 Å². The minimum atomic E-state index is -0.488. The van der Waals surface area contributed by atoms with E-state index in [2.05, 4.69) is 27.2 Å². The Kier molecular flexibility index (Phi) is 5.54. The molecular formula is C19H29N3O2. The lowest BCUT2D eigenvalue weighted by Crippen LogP contribution is -2.54. The molecule has 2 aliphatic heterocycles. The first-order chi connectivity index (χ1) is 11.6. The first-order valence-corrected chi connectivity index (χ1v) is 9.02. The molecule has 3 rings (SSSR count). The highest BCUT2D eigenvalue weighted by molar-refractivity contribution is 6.02. The van der Waals surface area contributed by atoms with E-state index in [1.807, 2.05) is 26.0 Å². The number of rotatable bonds is 4. The van der Waals surface area contributed by atoms with Gasteiger partial charge in [0.2, 0.25) is 0 Å². The van der Waals surface area contributed by atoms with Crippen LogP contribution >= 0.6 is 0 Å². The first kappa shape index (κ1) is 17.4. The Labute approximate surface area is 145 Å². The van der Waals surface area contributed by atoms with Crippen molar-refractivity contribution in [2.45, 2.75) is 25.8 Å². The fourth-order valence-electron chi connectivity index (χ4n) is 3.55. The number of morpholine rings is 1. The van der Waals surface area contributed by atoms with E-state index in [0.29, 0.717) is 13.2 Å². The molecule has 1 aromatic carbocycles. The van der Waals surface area contributed by atoms with E-state index in [1.165, 1.54) is 5.69 Å². The third kappa shape index (κ3) is 3.79. The van der Waals surface area contributed by atoms with Gasteiger partial charge in [0.25, 0.3) is 0 Å². The second-order valence-electron chi connectivity index (χ2n) is 7.13. The van der Waals surface area contributed by atoms with Crippen LogP contribution in [0.2, 0.25) is 0 Å².